The second-order valence-electron chi connectivity index (χ2n) is 4.46. The lowest BCUT2D eigenvalue weighted by Crippen LogP contribution is -2.30. The third-order valence-electron chi connectivity index (χ3n) is 3.35. The van der Waals surface area contributed by atoms with Gasteiger partial charge in [-0.1, -0.05) is 31.2 Å². The average molecular weight is 272 g/mol. The number of nitrogens with one attached hydrogen (secondary N) is 1. The van der Waals surface area contributed by atoms with Gasteiger partial charge in [0.05, 0.1) is 16.7 Å². The van der Waals surface area contributed by atoms with Crippen molar-refractivity contribution in [2.75, 3.05) is 6.26 Å². The van der Waals surface area contributed by atoms with Gasteiger partial charge in [0.2, 0.25) is 5.91 Å². The van der Waals surface area contributed by atoms with Gasteiger partial charge in [0.1, 0.15) is 0 Å². The highest BCUT2D eigenvalue weighted by Crippen LogP contribution is 2.35. The minimum Gasteiger partial charge on any atom is -0.320 e. The molecule has 1 N–H and O–H groups in total. The van der Waals surface area contributed by atoms with Gasteiger partial charge in [-0.3, -0.25) is 4.79 Å². The minimum absolute atomic E-state index is 0.0204. The van der Waals surface area contributed by atoms with Gasteiger partial charge in [0.15, 0.2) is 0 Å². The first-order valence-electron chi connectivity index (χ1n) is 6.26. The van der Waals surface area contributed by atoms with E-state index in [0.717, 1.165) is 12.0 Å². The number of hydrogen-bond acceptors (Lipinski definition) is 3. The smallest absolute Gasteiger partial charge is 0.225 e. The molecular formula is C15H16N2OS. The summed E-state index contributed by atoms with van der Waals surface area (Å²) in [5.74, 6) is -0.139. The number of benzene rings is 1. The molecule has 1 aliphatic heterocycles. The van der Waals surface area contributed by atoms with Crippen LogP contribution in [0.2, 0.25) is 0 Å². The fourth-order valence-electron chi connectivity index (χ4n) is 2.25. The molecule has 0 saturated heterocycles. The summed E-state index contributed by atoms with van der Waals surface area (Å²) in [4.78, 5) is 11.7. The summed E-state index contributed by atoms with van der Waals surface area (Å²) in [6, 6.07) is 10.4. The Kier molecular flexibility index (Phi) is 4.28. The number of amides is 1. The summed E-state index contributed by atoms with van der Waals surface area (Å²) in [5.41, 5.74) is 2.96. The highest BCUT2D eigenvalue weighted by Gasteiger charge is 2.28. The summed E-state index contributed by atoms with van der Waals surface area (Å²) < 4.78 is 0. The van der Waals surface area contributed by atoms with Gasteiger partial charge < -0.3 is 5.32 Å². The Bertz CT molecular complexity index is 555. The van der Waals surface area contributed by atoms with Crippen molar-refractivity contribution in [1.29, 1.82) is 5.26 Å². The lowest BCUT2D eigenvalue weighted by atomic mass is 9.86. The molecule has 19 heavy (non-hydrogen) atoms. The van der Waals surface area contributed by atoms with Gasteiger partial charge in [-0.2, -0.15) is 5.26 Å². The van der Waals surface area contributed by atoms with E-state index in [1.165, 1.54) is 17.3 Å². The Labute approximate surface area is 117 Å². The number of carbonyl (C=O) groups is 1. The Morgan fingerprint density at radius 3 is 2.63 bits per heavy atom. The van der Waals surface area contributed by atoms with E-state index in [2.05, 4.69) is 30.4 Å². The predicted molar refractivity (Wildman–Crippen MR) is 77.5 cm³/mol. The monoisotopic (exact) mass is 272 g/mol. The summed E-state index contributed by atoms with van der Waals surface area (Å²) >= 11 is 1.41. The Hall–Kier alpha value is -1.73. The molecular weight excluding hydrogens is 256 g/mol. The molecule has 1 atom stereocenters. The van der Waals surface area contributed by atoms with Crippen molar-refractivity contribution in [2.24, 2.45) is 0 Å². The molecule has 1 aliphatic rings. The van der Waals surface area contributed by atoms with Crippen molar-refractivity contribution in [3.63, 3.8) is 0 Å². The van der Waals surface area contributed by atoms with Crippen LogP contribution in [0.25, 0.3) is 0 Å². The number of thioether (sulfide) groups is 1. The topological polar surface area (TPSA) is 52.9 Å². The van der Waals surface area contributed by atoms with E-state index in [1.54, 1.807) is 0 Å². The first kappa shape index (κ1) is 13.7. The van der Waals surface area contributed by atoms with Crippen molar-refractivity contribution in [2.45, 2.75) is 25.7 Å². The van der Waals surface area contributed by atoms with Gasteiger partial charge in [-0.25, -0.2) is 0 Å². The number of rotatable bonds is 3. The summed E-state index contributed by atoms with van der Waals surface area (Å²) in [5, 5.41) is 12.8. The van der Waals surface area contributed by atoms with Crippen molar-refractivity contribution < 1.29 is 4.79 Å². The van der Waals surface area contributed by atoms with Crippen LogP contribution in [0.5, 0.6) is 0 Å². The number of allylic oxidation sites excluding steroid dienone is 1. The van der Waals surface area contributed by atoms with E-state index >= 15 is 0 Å². The van der Waals surface area contributed by atoms with E-state index in [-0.39, 0.29) is 11.8 Å². The SMILES string of the molecule is CCc1ccc([C@H]2CC(=O)NC(SC)=C2C#N)cc1. The van der Waals surface area contributed by atoms with Crippen molar-refractivity contribution >= 4 is 17.7 Å². The number of nitrogens with zero attached hydrogens (tertiary/aromatic N) is 1. The van der Waals surface area contributed by atoms with E-state index < -0.39 is 0 Å². The molecule has 3 nitrogen and oxygen atoms in total. The molecule has 0 fully saturated rings. The van der Waals surface area contributed by atoms with Crippen molar-refractivity contribution in [3.8, 4) is 6.07 Å². The largest absolute Gasteiger partial charge is 0.320 e. The molecule has 1 heterocycles. The third kappa shape index (κ3) is 2.82. The predicted octanol–water partition coefficient (Wildman–Crippen LogP) is 2.95. The molecule has 0 unspecified atom stereocenters. The summed E-state index contributed by atoms with van der Waals surface area (Å²) in [7, 11) is 0. The average Bonchev–Trinajstić information content (AvgIpc) is 2.46. The molecule has 0 aromatic heterocycles. The third-order valence-corrected chi connectivity index (χ3v) is 4.08. The molecule has 0 spiro atoms. The Balaban J connectivity index is 2.41. The van der Waals surface area contributed by atoms with E-state index in [0.29, 0.717) is 17.0 Å². The Morgan fingerprint density at radius 1 is 1.42 bits per heavy atom. The molecule has 1 aromatic rings. The lowest BCUT2D eigenvalue weighted by molar-refractivity contribution is -0.120. The van der Waals surface area contributed by atoms with Gasteiger partial charge in [0.25, 0.3) is 0 Å². The second-order valence-corrected chi connectivity index (χ2v) is 5.28. The van der Waals surface area contributed by atoms with Gasteiger partial charge in [0, 0.05) is 12.3 Å². The maximum atomic E-state index is 11.7. The summed E-state index contributed by atoms with van der Waals surface area (Å²) in [6.07, 6.45) is 3.20. The van der Waals surface area contributed by atoms with Crippen LogP contribution in [0.1, 0.15) is 30.4 Å². The number of hydrogen-bond donors (Lipinski definition) is 1. The fraction of sp³-hybridized carbons (Fsp3) is 0.333. The van der Waals surface area contributed by atoms with Gasteiger partial charge in [-0.15, -0.1) is 11.8 Å². The van der Waals surface area contributed by atoms with Crippen LogP contribution in [-0.2, 0) is 11.2 Å². The fourth-order valence-corrected chi connectivity index (χ4v) is 2.87. The van der Waals surface area contributed by atoms with Gasteiger partial charge >= 0.3 is 0 Å². The Morgan fingerprint density at radius 2 is 2.11 bits per heavy atom. The quantitative estimate of drug-likeness (QED) is 0.920. The second kappa shape index (κ2) is 5.94. The maximum Gasteiger partial charge on any atom is 0.225 e. The van der Waals surface area contributed by atoms with Crippen LogP contribution in [-0.4, -0.2) is 12.2 Å². The molecule has 0 saturated carbocycles. The molecule has 1 amide bonds. The standard InChI is InChI=1S/C15H16N2OS/c1-3-10-4-6-11(7-5-10)12-8-14(18)17-15(19-2)13(12)9-16/h4-7,12H,3,8H2,1-2H3,(H,17,18)/t12-/m1/s1. The molecule has 0 radical (unpaired) electrons. The zero-order chi connectivity index (χ0) is 13.8. The molecule has 0 aliphatic carbocycles. The maximum absolute atomic E-state index is 11.7. The van der Waals surface area contributed by atoms with Crippen LogP contribution in [0, 0.1) is 11.3 Å². The van der Waals surface area contributed by atoms with Crippen molar-refractivity contribution in [1.82, 2.24) is 5.32 Å². The van der Waals surface area contributed by atoms with Crippen LogP contribution in [0.4, 0.5) is 0 Å². The molecule has 2 rings (SSSR count). The normalized spacial score (nSPS) is 19.0. The zero-order valence-electron chi connectivity index (χ0n) is 11.1. The highest BCUT2D eigenvalue weighted by atomic mass is 32.2. The first-order chi connectivity index (χ1) is 9.19. The number of nitriles is 1. The zero-order valence-corrected chi connectivity index (χ0v) is 11.9. The van der Waals surface area contributed by atoms with E-state index in [1.807, 2.05) is 18.4 Å². The van der Waals surface area contributed by atoms with Crippen molar-refractivity contribution in [3.05, 3.63) is 46.0 Å². The van der Waals surface area contributed by atoms with E-state index in [4.69, 9.17) is 0 Å². The van der Waals surface area contributed by atoms with Crippen LogP contribution < -0.4 is 5.32 Å². The van der Waals surface area contributed by atoms with Gasteiger partial charge in [-0.05, 0) is 23.8 Å². The van der Waals surface area contributed by atoms with Crippen LogP contribution in [0.3, 0.4) is 0 Å². The molecule has 98 valence electrons. The lowest BCUT2D eigenvalue weighted by Gasteiger charge is -2.24. The van der Waals surface area contributed by atoms with Crippen LogP contribution >= 0.6 is 11.8 Å². The first-order valence-corrected chi connectivity index (χ1v) is 7.49. The molecule has 0 bridgehead atoms. The van der Waals surface area contributed by atoms with Crippen LogP contribution in [0.15, 0.2) is 34.9 Å². The minimum atomic E-state index is -0.118. The molecule has 4 heteroatoms. The number of carbonyl (C=O) groups excluding carboxylic acids is 1. The summed E-state index contributed by atoms with van der Waals surface area (Å²) in [6.45, 7) is 2.11. The number of aryl methyl sites for hydroxylation is 1. The molecule has 1 aromatic carbocycles. The highest BCUT2D eigenvalue weighted by molar-refractivity contribution is 8.02. The van der Waals surface area contributed by atoms with E-state index in [9.17, 15) is 10.1 Å².